The molecule has 5 atom stereocenters. The molecule has 14 heteroatoms. The second-order valence-corrected chi connectivity index (χ2v) is 13.2. The molecule has 1 aliphatic heterocycles. The van der Waals surface area contributed by atoms with Crippen molar-refractivity contribution in [2.45, 2.75) is 64.3 Å². The van der Waals surface area contributed by atoms with Gasteiger partial charge >= 0.3 is 0 Å². The Kier molecular flexibility index (Phi) is 13.2. The molecular formula is C38H44F2N6O6. The summed E-state index contributed by atoms with van der Waals surface area (Å²) in [7, 11) is 1.39. The van der Waals surface area contributed by atoms with E-state index < -0.39 is 102 Å². The van der Waals surface area contributed by atoms with Gasteiger partial charge in [0.2, 0.25) is 29.5 Å². The van der Waals surface area contributed by atoms with Gasteiger partial charge in [-0.1, -0.05) is 80.6 Å². The van der Waals surface area contributed by atoms with E-state index in [1.54, 1.807) is 74.5 Å². The van der Waals surface area contributed by atoms with Crippen LogP contribution >= 0.6 is 0 Å². The summed E-state index contributed by atoms with van der Waals surface area (Å²) in [6.45, 7) is 5.21. The normalized spacial score (nSPS) is 22.8. The molecule has 0 radical (unpaired) electrons. The number of carbonyl (C=O) groups excluding carboxylic acids is 6. The van der Waals surface area contributed by atoms with Crippen LogP contribution in [0.5, 0.6) is 0 Å². The molecule has 0 unspecified atom stereocenters. The van der Waals surface area contributed by atoms with Crippen LogP contribution < -0.4 is 21.3 Å². The molecule has 4 rings (SSSR count). The van der Waals surface area contributed by atoms with Crippen molar-refractivity contribution in [3.05, 3.63) is 107 Å². The quantitative estimate of drug-likeness (QED) is 0.318. The Morgan fingerprint density at radius 2 is 1.42 bits per heavy atom. The smallest absolute Gasteiger partial charge is 0.257 e. The fourth-order valence-electron chi connectivity index (χ4n) is 5.75. The van der Waals surface area contributed by atoms with E-state index in [1.807, 2.05) is 0 Å². The third-order valence-corrected chi connectivity index (χ3v) is 8.95. The van der Waals surface area contributed by atoms with Crippen LogP contribution in [0.4, 0.5) is 8.78 Å². The van der Waals surface area contributed by atoms with Gasteiger partial charge in [0.15, 0.2) is 11.6 Å². The minimum atomic E-state index is -1.42. The van der Waals surface area contributed by atoms with Gasteiger partial charge in [0.05, 0.1) is 18.2 Å². The first kappa shape index (κ1) is 39.1. The summed E-state index contributed by atoms with van der Waals surface area (Å²) in [6.07, 6.45) is 0.00811. The molecular weight excluding hydrogens is 674 g/mol. The third kappa shape index (κ3) is 9.77. The van der Waals surface area contributed by atoms with Crippen LogP contribution in [-0.4, -0.2) is 89.5 Å². The van der Waals surface area contributed by atoms with E-state index in [-0.39, 0.29) is 6.42 Å². The second-order valence-electron chi connectivity index (χ2n) is 13.2. The molecule has 12 nitrogen and oxygen atoms in total. The van der Waals surface area contributed by atoms with Crippen LogP contribution in [0.3, 0.4) is 0 Å². The number of nitrogens with one attached hydrogen (secondary N) is 4. The fourth-order valence-corrected chi connectivity index (χ4v) is 5.75. The minimum absolute atomic E-state index is 0.00811. The van der Waals surface area contributed by atoms with Gasteiger partial charge in [-0.15, -0.1) is 0 Å². The van der Waals surface area contributed by atoms with Crippen LogP contribution in [0.1, 0.15) is 55.2 Å². The molecule has 1 aliphatic rings. The highest BCUT2D eigenvalue weighted by Crippen LogP contribution is 2.20. The molecule has 0 saturated carbocycles. The lowest BCUT2D eigenvalue weighted by Crippen LogP contribution is -2.59. The number of rotatable bonds is 5. The van der Waals surface area contributed by atoms with Crippen LogP contribution in [0.15, 0.2) is 78.9 Å². The van der Waals surface area contributed by atoms with Crippen molar-refractivity contribution in [2.75, 3.05) is 20.1 Å². The molecule has 52 heavy (non-hydrogen) atoms. The Labute approximate surface area is 301 Å². The molecule has 4 N–H and O–H groups in total. The van der Waals surface area contributed by atoms with E-state index in [9.17, 15) is 33.2 Å². The zero-order chi connectivity index (χ0) is 38.1. The number of amides is 6. The minimum Gasteiger partial charge on any atom is -0.346 e. The summed E-state index contributed by atoms with van der Waals surface area (Å²) in [5.41, 5.74) is 0.535. The van der Waals surface area contributed by atoms with E-state index in [1.165, 1.54) is 20.9 Å². The van der Waals surface area contributed by atoms with Crippen LogP contribution in [0.25, 0.3) is 0 Å². The highest BCUT2D eigenvalue weighted by Gasteiger charge is 2.35. The first-order chi connectivity index (χ1) is 24.7. The first-order valence-electron chi connectivity index (χ1n) is 17.0. The number of hydrogen-bond acceptors (Lipinski definition) is 6. The summed E-state index contributed by atoms with van der Waals surface area (Å²) < 4.78 is 29.3. The maximum absolute atomic E-state index is 15.0. The maximum atomic E-state index is 15.0. The number of carbonyl (C=O) groups is 6. The van der Waals surface area contributed by atoms with Crippen LogP contribution in [0.2, 0.25) is 0 Å². The van der Waals surface area contributed by atoms with Gasteiger partial charge in [-0.25, -0.2) is 8.78 Å². The molecule has 3 aromatic carbocycles. The van der Waals surface area contributed by atoms with Gasteiger partial charge in [-0.3, -0.25) is 28.8 Å². The zero-order valence-electron chi connectivity index (χ0n) is 29.7. The highest BCUT2D eigenvalue weighted by atomic mass is 19.2. The number of likely N-dealkylation sites (N-methyl/N-ethyl adjacent to an activating group) is 1. The van der Waals surface area contributed by atoms with Gasteiger partial charge in [-0.05, 0) is 43.0 Å². The number of halogens is 2. The Bertz CT molecular complexity index is 1780. The van der Waals surface area contributed by atoms with Gasteiger partial charge < -0.3 is 31.1 Å². The predicted octanol–water partition coefficient (Wildman–Crippen LogP) is 2.50. The van der Waals surface area contributed by atoms with E-state index in [4.69, 9.17) is 0 Å². The van der Waals surface area contributed by atoms with E-state index in [2.05, 4.69) is 21.3 Å². The average Bonchev–Trinajstić information content (AvgIpc) is 3.12. The van der Waals surface area contributed by atoms with Crippen molar-refractivity contribution >= 4 is 35.4 Å². The monoisotopic (exact) mass is 718 g/mol. The zero-order valence-corrected chi connectivity index (χ0v) is 29.7. The maximum Gasteiger partial charge on any atom is 0.257 e. The van der Waals surface area contributed by atoms with E-state index >= 15 is 4.39 Å². The second kappa shape index (κ2) is 17.5. The van der Waals surface area contributed by atoms with Crippen molar-refractivity contribution in [2.24, 2.45) is 5.92 Å². The molecule has 1 heterocycles. The number of nitrogens with zero attached hydrogens (tertiary/aromatic N) is 2. The Balaban J connectivity index is 1.81. The highest BCUT2D eigenvalue weighted by molar-refractivity contribution is 5.98. The van der Waals surface area contributed by atoms with E-state index in [0.29, 0.717) is 11.1 Å². The first-order valence-corrected chi connectivity index (χ1v) is 17.0. The van der Waals surface area contributed by atoms with Crippen molar-refractivity contribution in [1.29, 1.82) is 0 Å². The molecule has 0 spiro atoms. The van der Waals surface area contributed by atoms with Crippen molar-refractivity contribution in [3.8, 4) is 0 Å². The summed E-state index contributed by atoms with van der Waals surface area (Å²) in [5.74, 6) is -7.56. The van der Waals surface area contributed by atoms with Gasteiger partial charge in [0.1, 0.15) is 24.2 Å². The molecule has 3 aromatic rings. The molecule has 6 amide bonds. The third-order valence-electron chi connectivity index (χ3n) is 8.95. The average molecular weight is 719 g/mol. The van der Waals surface area contributed by atoms with Crippen molar-refractivity contribution < 1.29 is 37.5 Å². The van der Waals surface area contributed by atoms with Gasteiger partial charge in [-0.2, -0.15) is 0 Å². The van der Waals surface area contributed by atoms with Crippen molar-refractivity contribution in [1.82, 2.24) is 31.1 Å². The summed E-state index contributed by atoms with van der Waals surface area (Å²) in [4.78, 5) is 84.3. The summed E-state index contributed by atoms with van der Waals surface area (Å²) in [6, 6.07) is 14.8. The summed E-state index contributed by atoms with van der Waals surface area (Å²) >= 11 is 0. The lowest BCUT2D eigenvalue weighted by atomic mass is 10.0. The summed E-state index contributed by atoms with van der Waals surface area (Å²) in [5, 5.41) is 10.8. The molecule has 276 valence electrons. The molecule has 0 aromatic heterocycles. The van der Waals surface area contributed by atoms with Gasteiger partial charge in [0.25, 0.3) is 5.91 Å². The molecule has 0 aliphatic carbocycles. The Hall–Kier alpha value is -5.66. The Morgan fingerprint density at radius 3 is 2.06 bits per heavy atom. The number of benzene rings is 3. The molecule has 0 bridgehead atoms. The largest absolute Gasteiger partial charge is 0.346 e. The molecule has 1 fully saturated rings. The molecule has 1 saturated heterocycles. The Morgan fingerprint density at radius 1 is 0.788 bits per heavy atom. The lowest BCUT2D eigenvalue weighted by Gasteiger charge is -2.33. The SMILES string of the molecule is CC(C)[C@H]1NC(=O)[C@H](C)N(C)C(=O)[C@H](Cc2ccccc2)NC(=O)CN(C(=O)c2cccc(F)c2F)C[C@@H](c2ccccc2)NC(=O)[C@H](C)NC1=O. The van der Waals surface area contributed by atoms with E-state index in [0.717, 1.165) is 28.0 Å². The fraction of sp³-hybridized carbons (Fsp3) is 0.368. The standard InChI is InChI=1S/C38H44F2N6O6/c1-22(2)33-36(50)41-23(3)34(48)43-30(26-15-10-7-11-16-26)20-46(37(51)27-17-12-18-28(39)32(27)40)21-31(47)42-29(19-25-13-8-6-9-14-25)38(52)45(5)24(4)35(49)44-33/h6-18,22-24,29-30,33H,19-21H2,1-5H3,(H,41,50)(H,42,47)(H,43,48)(H,44,49)/t23-,24-,29-,30-,33+/m0/s1. The topological polar surface area (TPSA) is 157 Å². The number of hydrogen-bond donors (Lipinski definition) is 4. The van der Waals surface area contributed by atoms with Gasteiger partial charge in [0, 0.05) is 20.0 Å². The predicted molar refractivity (Wildman–Crippen MR) is 188 cm³/mol. The van der Waals surface area contributed by atoms with Crippen LogP contribution in [-0.2, 0) is 30.4 Å². The van der Waals surface area contributed by atoms with Crippen molar-refractivity contribution in [3.63, 3.8) is 0 Å². The lowest BCUT2D eigenvalue weighted by molar-refractivity contribution is -0.142. The van der Waals surface area contributed by atoms with Crippen LogP contribution in [0, 0.1) is 17.6 Å².